The fourth-order valence-corrected chi connectivity index (χ4v) is 1.87. The number of halogens is 2. The highest BCUT2D eigenvalue weighted by Gasteiger charge is 2.10. The third kappa shape index (κ3) is 2.76. The lowest BCUT2D eigenvalue weighted by atomic mass is 10.1. The fraction of sp³-hybridized carbons (Fsp3) is 0.0714. The maximum absolute atomic E-state index is 13.5. The third-order valence-corrected chi connectivity index (χ3v) is 2.93. The molecule has 0 unspecified atom stereocenters. The SMILES string of the molecule is COc1cc(Nc2cc(Cl)ccc2C#N)c(N)cc1F. The predicted octanol–water partition coefficient (Wildman–Crippen LogP) is 3.69. The summed E-state index contributed by atoms with van der Waals surface area (Å²) in [6.07, 6.45) is 0. The monoisotopic (exact) mass is 291 g/mol. The van der Waals surface area contributed by atoms with Crippen LogP contribution >= 0.6 is 11.6 Å². The number of nitriles is 1. The lowest BCUT2D eigenvalue weighted by molar-refractivity contribution is 0.387. The van der Waals surface area contributed by atoms with Crippen LogP contribution in [-0.4, -0.2) is 7.11 Å². The van der Waals surface area contributed by atoms with Gasteiger partial charge in [-0.05, 0) is 18.2 Å². The van der Waals surface area contributed by atoms with Crippen LogP contribution in [0.25, 0.3) is 0 Å². The molecule has 102 valence electrons. The van der Waals surface area contributed by atoms with Crippen molar-refractivity contribution in [2.75, 3.05) is 18.2 Å². The summed E-state index contributed by atoms with van der Waals surface area (Å²) in [6.45, 7) is 0. The summed E-state index contributed by atoms with van der Waals surface area (Å²) in [5, 5.41) is 12.5. The molecule has 0 spiro atoms. The second-order valence-corrected chi connectivity index (χ2v) is 4.44. The highest BCUT2D eigenvalue weighted by Crippen LogP contribution is 2.32. The van der Waals surface area contributed by atoms with Crippen molar-refractivity contribution in [1.29, 1.82) is 5.26 Å². The van der Waals surface area contributed by atoms with Crippen molar-refractivity contribution in [3.8, 4) is 11.8 Å². The highest BCUT2D eigenvalue weighted by molar-refractivity contribution is 6.30. The number of methoxy groups -OCH3 is 1. The average Bonchev–Trinajstić information content (AvgIpc) is 2.42. The summed E-state index contributed by atoms with van der Waals surface area (Å²) in [5.74, 6) is -0.496. The maximum atomic E-state index is 13.5. The zero-order chi connectivity index (χ0) is 14.7. The zero-order valence-electron chi connectivity index (χ0n) is 10.6. The van der Waals surface area contributed by atoms with E-state index < -0.39 is 5.82 Å². The molecule has 0 aliphatic carbocycles. The van der Waals surface area contributed by atoms with Crippen LogP contribution in [0, 0.1) is 17.1 Å². The Hall–Kier alpha value is -2.45. The van der Waals surface area contributed by atoms with Crippen molar-refractivity contribution in [3.63, 3.8) is 0 Å². The molecule has 0 amide bonds. The summed E-state index contributed by atoms with van der Waals surface area (Å²) in [4.78, 5) is 0. The first-order chi connectivity index (χ1) is 9.55. The topological polar surface area (TPSA) is 71.1 Å². The Kier molecular flexibility index (Phi) is 3.97. The molecule has 20 heavy (non-hydrogen) atoms. The van der Waals surface area contributed by atoms with Gasteiger partial charge < -0.3 is 15.8 Å². The van der Waals surface area contributed by atoms with E-state index >= 15 is 0 Å². The molecule has 0 radical (unpaired) electrons. The van der Waals surface area contributed by atoms with E-state index in [1.54, 1.807) is 18.2 Å². The molecule has 0 fully saturated rings. The molecule has 3 N–H and O–H groups in total. The fourth-order valence-electron chi connectivity index (χ4n) is 1.70. The van der Waals surface area contributed by atoms with Crippen molar-refractivity contribution in [2.45, 2.75) is 0 Å². The average molecular weight is 292 g/mol. The minimum atomic E-state index is -0.554. The maximum Gasteiger partial charge on any atom is 0.167 e. The van der Waals surface area contributed by atoms with Gasteiger partial charge in [-0.3, -0.25) is 0 Å². The van der Waals surface area contributed by atoms with Crippen molar-refractivity contribution in [1.82, 2.24) is 0 Å². The van der Waals surface area contributed by atoms with Crippen LogP contribution < -0.4 is 15.8 Å². The Morgan fingerprint density at radius 1 is 1.30 bits per heavy atom. The second-order valence-electron chi connectivity index (χ2n) is 4.00. The first kappa shape index (κ1) is 14.0. The molecule has 6 heteroatoms. The Balaban J connectivity index is 2.45. The Labute approximate surface area is 120 Å². The van der Waals surface area contributed by atoms with Gasteiger partial charge in [0.15, 0.2) is 11.6 Å². The zero-order valence-corrected chi connectivity index (χ0v) is 11.3. The van der Waals surface area contributed by atoms with Crippen LogP contribution in [-0.2, 0) is 0 Å². The van der Waals surface area contributed by atoms with Crippen molar-refractivity contribution in [3.05, 3.63) is 46.7 Å². The molecule has 0 bridgehead atoms. The molecule has 0 atom stereocenters. The standard InChI is InChI=1S/C14H11ClFN3O/c1-20-14-6-13(11(18)5-10(14)16)19-12-4-9(15)3-2-8(12)7-17/h2-6,19H,18H2,1H3. The van der Waals surface area contributed by atoms with Crippen LogP contribution in [0.15, 0.2) is 30.3 Å². The molecule has 0 saturated carbocycles. The first-order valence-electron chi connectivity index (χ1n) is 5.65. The number of anilines is 3. The number of nitrogen functional groups attached to an aromatic ring is 1. The molecule has 0 saturated heterocycles. The third-order valence-electron chi connectivity index (χ3n) is 2.70. The predicted molar refractivity (Wildman–Crippen MR) is 76.8 cm³/mol. The number of nitrogens with zero attached hydrogens (tertiary/aromatic N) is 1. The second kappa shape index (κ2) is 5.68. The molecular weight excluding hydrogens is 281 g/mol. The van der Waals surface area contributed by atoms with E-state index in [1.165, 1.54) is 13.2 Å². The first-order valence-corrected chi connectivity index (χ1v) is 6.02. The minimum absolute atomic E-state index is 0.0576. The molecule has 2 aromatic carbocycles. The van der Waals surface area contributed by atoms with Gasteiger partial charge >= 0.3 is 0 Å². The van der Waals surface area contributed by atoms with E-state index in [1.807, 2.05) is 6.07 Å². The van der Waals surface area contributed by atoms with E-state index in [0.29, 0.717) is 22.0 Å². The van der Waals surface area contributed by atoms with Gasteiger partial charge in [0.25, 0.3) is 0 Å². The number of rotatable bonds is 3. The van der Waals surface area contributed by atoms with Crippen molar-refractivity contribution < 1.29 is 9.13 Å². The van der Waals surface area contributed by atoms with Crippen molar-refractivity contribution in [2.24, 2.45) is 0 Å². The number of hydrogen-bond donors (Lipinski definition) is 2. The molecule has 0 aliphatic rings. The lowest BCUT2D eigenvalue weighted by Gasteiger charge is -2.13. The van der Waals surface area contributed by atoms with E-state index in [9.17, 15) is 4.39 Å². The van der Waals surface area contributed by atoms with Gasteiger partial charge in [0.2, 0.25) is 0 Å². The van der Waals surface area contributed by atoms with Gasteiger partial charge in [0, 0.05) is 17.2 Å². The van der Waals surface area contributed by atoms with Gasteiger partial charge in [-0.1, -0.05) is 11.6 Å². The molecule has 0 heterocycles. The van der Waals surface area contributed by atoms with Crippen LogP contribution in [0.2, 0.25) is 5.02 Å². The van der Waals surface area contributed by atoms with Crippen LogP contribution in [0.3, 0.4) is 0 Å². The number of hydrogen-bond acceptors (Lipinski definition) is 4. The Bertz CT molecular complexity index is 698. The van der Waals surface area contributed by atoms with Gasteiger partial charge in [-0.25, -0.2) is 4.39 Å². The van der Waals surface area contributed by atoms with Gasteiger partial charge in [-0.15, -0.1) is 0 Å². The summed E-state index contributed by atoms with van der Waals surface area (Å²) in [6, 6.07) is 9.40. The van der Waals surface area contributed by atoms with Gasteiger partial charge in [0.1, 0.15) is 6.07 Å². The molecular formula is C14H11ClFN3O. The quantitative estimate of drug-likeness (QED) is 0.846. The van der Waals surface area contributed by atoms with Crippen LogP contribution in [0.1, 0.15) is 5.56 Å². The van der Waals surface area contributed by atoms with Crippen molar-refractivity contribution >= 4 is 28.7 Å². The largest absolute Gasteiger partial charge is 0.494 e. The van der Waals surface area contributed by atoms with Gasteiger partial charge in [-0.2, -0.15) is 5.26 Å². The number of ether oxygens (including phenoxy) is 1. The van der Waals surface area contributed by atoms with Gasteiger partial charge in [0.05, 0.1) is 29.7 Å². The normalized spacial score (nSPS) is 9.90. The summed E-state index contributed by atoms with van der Waals surface area (Å²) in [5.41, 5.74) is 7.27. The van der Waals surface area contributed by atoms with E-state index in [4.69, 9.17) is 27.3 Å². The molecule has 2 aromatic rings. The summed E-state index contributed by atoms with van der Waals surface area (Å²) >= 11 is 5.90. The highest BCUT2D eigenvalue weighted by atomic mass is 35.5. The lowest BCUT2D eigenvalue weighted by Crippen LogP contribution is -2.00. The van der Waals surface area contributed by atoms with E-state index in [0.717, 1.165) is 6.07 Å². The van der Waals surface area contributed by atoms with Crippen LogP contribution in [0.4, 0.5) is 21.5 Å². The number of nitrogens with two attached hydrogens (primary N) is 1. The molecule has 0 aliphatic heterocycles. The summed E-state index contributed by atoms with van der Waals surface area (Å²) in [7, 11) is 1.36. The minimum Gasteiger partial charge on any atom is -0.494 e. The molecule has 2 rings (SSSR count). The molecule has 4 nitrogen and oxygen atoms in total. The Morgan fingerprint density at radius 3 is 2.70 bits per heavy atom. The van der Waals surface area contributed by atoms with E-state index in [2.05, 4.69) is 5.32 Å². The van der Waals surface area contributed by atoms with Crippen LogP contribution in [0.5, 0.6) is 5.75 Å². The smallest absolute Gasteiger partial charge is 0.167 e. The summed E-state index contributed by atoms with van der Waals surface area (Å²) < 4.78 is 18.4. The Morgan fingerprint density at radius 2 is 2.05 bits per heavy atom. The number of nitrogens with one attached hydrogen (secondary N) is 1. The molecule has 0 aromatic heterocycles. The number of benzene rings is 2. The van der Waals surface area contributed by atoms with E-state index in [-0.39, 0.29) is 11.4 Å².